The van der Waals surface area contributed by atoms with Crippen molar-refractivity contribution in [1.82, 2.24) is 9.80 Å². The molecule has 1 aliphatic rings. The zero-order chi connectivity index (χ0) is 13.8. The van der Waals surface area contributed by atoms with Gasteiger partial charge in [0.2, 0.25) is 0 Å². The maximum absolute atomic E-state index is 12.5. The lowest BCUT2D eigenvalue weighted by Crippen LogP contribution is -2.48. The molecule has 19 heavy (non-hydrogen) atoms. The van der Waals surface area contributed by atoms with E-state index in [1.165, 1.54) is 0 Å². The van der Waals surface area contributed by atoms with Crippen LogP contribution in [-0.2, 0) is 0 Å². The summed E-state index contributed by atoms with van der Waals surface area (Å²) in [5, 5.41) is 8.66. The van der Waals surface area contributed by atoms with E-state index in [0.717, 1.165) is 28.7 Å². The lowest BCUT2D eigenvalue weighted by atomic mass is 10.1. The number of amides is 1. The van der Waals surface area contributed by atoms with E-state index in [2.05, 4.69) is 26.9 Å². The zero-order valence-electron chi connectivity index (χ0n) is 10.9. The Bertz CT molecular complexity index is 516. The summed E-state index contributed by atoms with van der Waals surface area (Å²) in [6.07, 6.45) is 0. The molecule has 0 bridgehead atoms. The molecule has 0 aliphatic carbocycles. The number of nitriles is 1. The van der Waals surface area contributed by atoms with Crippen LogP contribution in [0.1, 0.15) is 15.9 Å². The lowest BCUT2D eigenvalue weighted by Gasteiger charge is -2.33. The number of piperazine rings is 1. The summed E-state index contributed by atoms with van der Waals surface area (Å²) in [4.78, 5) is 16.4. The van der Waals surface area contributed by atoms with Crippen molar-refractivity contribution in [2.45, 2.75) is 6.92 Å². The summed E-state index contributed by atoms with van der Waals surface area (Å²) in [5.41, 5.74) is 1.75. The summed E-state index contributed by atoms with van der Waals surface area (Å²) < 4.78 is 0.921. The Hall–Kier alpha value is -1.38. The number of carbonyl (C=O) groups is 1. The van der Waals surface area contributed by atoms with Gasteiger partial charge >= 0.3 is 0 Å². The first-order chi connectivity index (χ1) is 9.11. The van der Waals surface area contributed by atoms with Crippen LogP contribution in [0, 0.1) is 18.3 Å². The maximum Gasteiger partial charge on any atom is 0.254 e. The minimum Gasteiger partial charge on any atom is -0.336 e. The molecule has 1 aromatic carbocycles. The molecule has 4 nitrogen and oxygen atoms in total. The molecule has 1 amide bonds. The van der Waals surface area contributed by atoms with Gasteiger partial charge in [0, 0.05) is 36.2 Å². The molecule has 0 aromatic heterocycles. The molecule has 1 aliphatic heterocycles. The predicted molar refractivity (Wildman–Crippen MR) is 76.8 cm³/mol. The largest absolute Gasteiger partial charge is 0.336 e. The summed E-state index contributed by atoms with van der Waals surface area (Å²) in [6, 6.07) is 7.91. The highest BCUT2D eigenvalue weighted by molar-refractivity contribution is 9.10. The second-order valence-electron chi connectivity index (χ2n) is 4.69. The molecule has 100 valence electrons. The molecule has 0 spiro atoms. The van der Waals surface area contributed by atoms with E-state index in [-0.39, 0.29) is 5.91 Å². The first kappa shape index (κ1) is 14.0. The molecular weight excluding hydrogens is 306 g/mol. The van der Waals surface area contributed by atoms with Crippen LogP contribution in [0.5, 0.6) is 0 Å². The summed E-state index contributed by atoms with van der Waals surface area (Å²) in [6.45, 7) is 5.31. The van der Waals surface area contributed by atoms with Gasteiger partial charge in [-0.15, -0.1) is 0 Å². The van der Waals surface area contributed by atoms with E-state index in [1.54, 1.807) is 0 Å². The van der Waals surface area contributed by atoms with Crippen LogP contribution in [0.15, 0.2) is 22.7 Å². The molecule has 5 heteroatoms. The predicted octanol–water partition coefficient (Wildman–Crippen LogP) is 2.04. The standard InChI is InChI=1S/C14H16BrN3O/c1-11-2-3-12(15)10-13(11)14(19)18-8-6-17(5-4-16)7-9-18/h2-3,10H,5-9H2,1H3. The number of hydrogen-bond donors (Lipinski definition) is 0. The Labute approximate surface area is 121 Å². The van der Waals surface area contributed by atoms with Crippen molar-refractivity contribution in [3.8, 4) is 6.07 Å². The highest BCUT2D eigenvalue weighted by Crippen LogP contribution is 2.18. The fraction of sp³-hybridized carbons (Fsp3) is 0.429. The molecule has 2 rings (SSSR count). The molecular formula is C14H16BrN3O. The first-order valence-corrected chi connectivity index (χ1v) is 7.06. The minimum atomic E-state index is 0.0791. The average Bonchev–Trinajstić information content (AvgIpc) is 2.42. The molecule has 1 fully saturated rings. The van der Waals surface area contributed by atoms with Gasteiger partial charge in [-0.3, -0.25) is 9.69 Å². The first-order valence-electron chi connectivity index (χ1n) is 6.26. The molecule has 0 radical (unpaired) electrons. The minimum absolute atomic E-state index is 0.0791. The third-order valence-electron chi connectivity index (χ3n) is 3.38. The van der Waals surface area contributed by atoms with E-state index < -0.39 is 0 Å². The maximum atomic E-state index is 12.5. The van der Waals surface area contributed by atoms with Crippen LogP contribution >= 0.6 is 15.9 Å². The van der Waals surface area contributed by atoms with Crippen LogP contribution in [0.2, 0.25) is 0 Å². The fourth-order valence-electron chi connectivity index (χ4n) is 2.20. The van der Waals surface area contributed by atoms with E-state index in [9.17, 15) is 4.79 Å². The third-order valence-corrected chi connectivity index (χ3v) is 3.88. The zero-order valence-corrected chi connectivity index (χ0v) is 12.5. The van der Waals surface area contributed by atoms with Gasteiger partial charge < -0.3 is 4.90 Å². The molecule has 0 atom stereocenters. The Kier molecular flexibility index (Phi) is 4.56. The van der Waals surface area contributed by atoms with E-state index in [4.69, 9.17) is 5.26 Å². The Balaban J connectivity index is 2.05. The van der Waals surface area contributed by atoms with Gasteiger partial charge in [0.15, 0.2) is 0 Å². The third kappa shape index (κ3) is 3.34. The highest BCUT2D eigenvalue weighted by Gasteiger charge is 2.22. The van der Waals surface area contributed by atoms with Gasteiger partial charge in [-0.25, -0.2) is 0 Å². The number of nitrogens with zero attached hydrogens (tertiary/aromatic N) is 3. The Morgan fingerprint density at radius 1 is 1.37 bits per heavy atom. The Morgan fingerprint density at radius 3 is 2.68 bits per heavy atom. The number of carbonyl (C=O) groups excluding carboxylic acids is 1. The second-order valence-corrected chi connectivity index (χ2v) is 5.60. The van der Waals surface area contributed by atoms with Crippen molar-refractivity contribution in [2.24, 2.45) is 0 Å². The number of hydrogen-bond acceptors (Lipinski definition) is 3. The highest BCUT2D eigenvalue weighted by atomic mass is 79.9. The van der Waals surface area contributed by atoms with Gasteiger partial charge in [-0.05, 0) is 24.6 Å². The van der Waals surface area contributed by atoms with Gasteiger partial charge in [0.25, 0.3) is 5.91 Å². The van der Waals surface area contributed by atoms with Crippen molar-refractivity contribution in [1.29, 1.82) is 5.26 Å². The summed E-state index contributed by atoms with van der Waals surface area (Å²) in [5.74, 6) is 0.0791. The molecule has 1 heterocycles. The smallest absolute Gasteiger partial charge is 0.254 e. The van der Waals surface area contributed by atoms with Crippen LogP contribution in [0.4, 0.5) is 0 Å². The number of rotatable bonds is 2. The molecule has 0 unspecified atom stereocenters. The number of halogens is 1. The van der Waals surface area contributed by atoms with Crippen LogP contribution in [0.3, 0.4) is 0 Å². The van der Waals surface area contributed by atoms with Crippen LogP contribution in [0.25, 0.3) is 0 Å². The van der Waals surface area contributed by atoms with E-state index >= 15 is 0 Å². The second kappa shape index (κ2) is 6.18. The van der Waals surface area contributed by atoms with Crippen molar-refractivity contribution in [3.63, 3.8) is 0 Å². The quantitative estimate of drug-likeness (QED) is 0.783. The number of aryl methyl sites for hydroxylation is 1. The fourth-order valence-corrected chi connectivity index (χ4v) is 2.57. The topological polar surface area (TPSA) is 47.3 Å². The van der Waals surface area contributed by atoms with Gasteiger partial charge in [0.1, 0.15) is 0 Å². The van der Waals surface area contributed by atoms with E-state index in [0.29, 0.717) is 19.6 Å². The van der Waals surface area contributed by atoms with Gasteiger partial charge in [-0.2, -0.15) is 5.26 Å². The van der Waals surface area contributed by atoms with Crippen molar-refractivity contribution in [3.05, 3.63) is 33.8 Å². The monoisotopic (exact) mass is 321 g/mol. The van der Waals surface area contributed by atoms with Crippen molar-refractivity contribution < 1.29 is 4.79 Å². The van der Waals surface area contributed by atoms with Crippen molar-refractivity contribution in [2.75, 3.05) is 32.7 Å². The number of benzene rings is 1. The SMILES string of the molecule is Cc1ccc(Br)cc1C(=O)N1CCN(CC#N)CC1. The molecule has 1 aromatic rings. The summed E-state index contributed by atoms with van der Waals surface area (Å²) >= 11 is 3.40. The van der Waals surface area contributed by atoms with Crippen molar-refractivity contribution >= 4 is 21.8 Å². The molecule has 0 saturated carbocycles. The lowest BCUT2D eigenvalue weighted by molar-refractivity contribution is 0.0651. The summed E-state index contributed by atoms with van der Waals surface area (Å²) in [7, 11) is 0. The average molecular weight is 322 g/mol. The molecule has 0 N–H and O–H groups in total. The normalized spacial score (nSPS) is 16.2. The van der Waals surface area contributed by atoms with E-state index in [1.807, 2.05) is 30.0 Å². The molecule has 1 saturated heterocycles. The van der Waals surface area contributed by atoms with Gasteiger partial charge in [-0.1, -0.05) is 22.0 Å². The van der Waals surface area contributed by atoms with Gasteiger partial charge in [0.05, 0.1) is 12.6 Å². The Morgan fingerprint density at radius 2 is 2.05 bits per heavy atom. The van der Waals surface area contributed by atoms with Crippen LogP contribution < -0.4 is 0 Å². The van der Waals surface area contributed by atoms with Crippen LogP contribution in [-0.4, -0.2) is 48.4 Å².